The molecule has 4 nitrogen and oxygen atoms in total. The van der Waals surface area contributed by atoms with E-state index >= 15 is 0 Å². The third-order valence-electron chi connectivity index (χ3n) is 6.19. The molecule has 4 bridgehead atoms. The van der Waals surface area contributed by atoms with E-state index in [0.29, 0.717) is 18.4 Å². The number of halogens is 1. The van der Waals surface area contributed by atoms with Gasteiger partial charge in [0.1, 0.15) is 5.71 Å². The molecule has 1 aromatic rings. The molecule has 6 heteroatoms. The molecule has 4 heterocycles. The summed E-state index contributed by atoms with van der Waals surface area (Å²) in [4.78, 5) is 21.8. The number of carbonyl (C=O) groups excluding carboxylic acids is 1. The summed E-state index contributed by atoms with van der Waals surface area (Å²) in [5.74, 6) is 2.53. The number of thiophene rings is 1. The van der Waals surface area contributed by atoms with Crippen molar-refractivity contribution in [2.75, 3.05) is 6.54 Å². The van der Waals surface area contributed by atoms with Gasteiger partial charge in [0.05, 0.1) is 9.21 Å². The van der Waals surface area contributed by atoms with Gasteiger partial charge in [0, 0.05) is 19.0 Å². The number of oxime groups is 1. The summed E-state index contributed by atoms with van der Waals surface area (Å²) in [6.07, 6.45) is 6.53. The van der Waals surface area contributed by atoms with Crippen LogP contribution in [0.2, 0.25) is 4.34 Å². The zero-order valence-corrected chi connectivity index (χ0v) is 15.1. The average molecular weight is 365 g/mol. The second-order valence-corrected chi connectivity index (χ2v) is 9.58. The van der Waals surface area contributed by atoms with E-state index in [1.54, 1.807) is 0 Å². The Kier molecular flexibility index (Phi) is 3.63. The Morgan fingerprint density at radius 2 is 1.92 bits per heavy atom. The summed E-state index contributed by atoms with van der Waals surface area (Å²) in [5.41, 5.74) is 0.853. The van der Waals surface area contributed by atoms with Crippen LogP contribution in [0.15, 0.2) is 17.3 Å². The normalized spacial score (nSPS) is 37.3. The minimum absolute atomic E-state index is 0.148. The van der Waals surface area contributed by atoms with E-state index in [1.165, 1.54) is 43.4 Å². The minimum Gasteiger partial charge on any atom is -0.382 e. The SMILES string of the molecule is O=C(C1CC(c2ccc(Cl)s2)=NO1)N1CC2CC3CC(C2)CC1C3. The van der Waals surface area contributed by atoms with Crippen molar-refractivity contribution in [3.63, 3.8) is 0 Å². The van der Waals surface area contributed by atoms with Crippen LogP contribution in [-0.4, -0.2) is 35.2 Å². The molecule has 4 fully saturated rings. The molecule has 1 amide bonds. The Labute approximate surface area is 150 Å². The number of hydrogen-bond acceptors (Lipinski definition) is 4. The molecular formula is C18H21ClN2O2S. The molecule has 3 unspecified atom stereocenters. The first-order valence-electron chi connectivity index (χ1n) is 8.94. The minimum atomic E-state index is -0.448. The number of nitrogens with zero attached hydrogens (tertiary/aromatic N) is 2. The molecule has 2 saturated heterocycles. The molecule has 6 rings (SSSR count). The fourth-order valence-corrected chi connectivity index (χ4v) is 6.40. The van der Waals surface area contributed by atoms with Gasteiger partial charge in [0.15, 0.2) is 0 Å². The van der Waals surface area contributed by atoms with Crippen molar-refractivity contribution >= 4 is 34.6 Å². The van der Waals surface area contributed by atoms with Crippen LogP contribution in [0, 0.1) is 17.8 Å². The molecule has 1 aromatic heterocycles. The zero-order valence-electron chi connectivity index (χ0n) is 13.5. The molecule has 3 atom stereocenters. The van der Waals surface area contributed by atoms with E-state index in [-0.39, 0.29) is 5.91 Å². The summed E-state index contributed by atoms with van der Waals surface area (Å²) in [7, 11) is 0. The van der Waals surface area contributed by atoms with E-state index in [4.69, 9.17) is 16.4 Å². The number of hydrogen-bond donors (Lipinski definition) is 0. The van der Waals surface area contributed by atoms with E-state index in [2.05, 4.69) is 10.1 Å². The maximum absolute atomic E-state index is 13.1. The number of rotatable bonds is 2. The van der Waals surface area contributed by atoms with Crippen molar-refractivity contribution in [3.8, 4) is 0 Å². The number of amides is 1. The molecule has 2 aliphatic carbocycles. The first-order chi connectivity index (χ1) is 11.7. The molecular weight excluding hydrogens is 344 g/mol. The molecule has 3 aliphatic heterocycles. The van der Waals surface area contributed by atoms with Crippen molar-refractivity contribution in [1.29, 1.82) is 0 Å². The Hall–Kier alpha value is -1.07. The van der Waals surface area contributed by atoms with Crippen LogP contribution in [0.4, 0.5) is 0 Å². The van der Waals surface area contributed by atoms with Crippen molar-refractivity contribution in [3.05, 3.63) is 21.3 Å². The van der Waals surface area contributed by atoms with Crippen molar-refractivity contribution in [1.82, 2.24) is 4.90 Å². The fraction of sp³-hybridized carbons (Fsp3) is 0.667. The van der Waals surface area contributed by atoms with Gasteiger partial charge < -0.3 is 9.74 Å². The number of carbonyl (C=O) groups is 1. The van der Waals surface area contributed by atoms with Gasteiger partial charge in [-0.15, -0.1) is 11.3 Å². The topological polar surface area (TPSA) is 41.9 Å². The van der Waals surface area contributed by atoms with Gasteiger partial charge in [0.25, 0.3) is 5.91 Å². The van der Waals surface area contributed by atoms with Crippen LogP contribution in [0.5, 0.6) is 0 Å². The molecule has 0 aromatic carbocycles. The first-order valence-corrected chi connectivity index (χ1v) is 10.1. The van der Waals surface area contributed by atoms with Crippen molar-refractivity contribution in [2.24, 2.45) is 22.9 Å². The van der Waals surface area contributed by atoms with Gasteiger partial charge in [-0.3, -0.25) is 4.79 Å². The van der Waals surface area contributed by atoms with Crippen LogP contribution < -0.4 is 0 Å². The van der Waals surface area contributed by atoms with E-state index in [0.717, 1.165) is 33.3 Å². The maximum Gasteiger partial charge on any atom is 0.267 e. The molecule has 0 spiro atoms. The third-order valence-corrected chi connectivity index (χ3v) is 7.47. The lowest BCUT2D eigenvalue weighted by Crippen LogP contribution is -2.46. The lowest BCUT2D eigenvalue weighted by molar-refractivity contribution is -0.145. The lowest BCUT2D eigenvalue weighted by atomic mass is 9.68. The van der Waals surface area contributed by atoms with Crippen LogP contribution in [0.3, 0.4) is 0 Å². The Morgan fingerprint density at radius 3 is 2.62 bits per heavy atom. The van der Waals surface area contributed by atoms with Crippen molar-refractivity contribution < 1.29 is 9.63 Å². The van der Waals surface area contributed by atoms with Gasteiger partial charge in [-0.2, -0.15) is 0 Å². The maximum atomic E-state index is 13.1. The Bertz CT molecular complexity index is 689. The second kappa shape index (κ2) is 5.73. The lowest BCUT2D eigenvalue weighted by Gasteiger charge is -2.39. The average Bonchev–Trinajstić information content (AvgIpc) is 3.15. The summed E-state index contributed by atoms with van der Waals surface area (Å²) < 4.78 is 0.739. The molecule has 128 valence electrons. The molecule has 2 saturated carbocycles. The summed E-state index contributed by atoms with van der Waals surface area (Å²) in [6.45, 7) is 0.927. The van der Waals surface area contributed by atoms with Gasteiger partial charge in [-0.25, -0.2) is 0 Å². The molecule has 5 aliphatic rings. The largest absolute Gasteiger partial charge is 0.382 e. The second-order valence-electron chi connectivity index (χ2n) is 7.86. The fourth-order valence-electron chi connectivity index (χ4n) is 5.36. The highest BCUT2D eigenvalue weighted by Gasteiger charge is 2.46. The standard InChI is InChI=1S/C18H21ClN2O2S/c19-17-2-1-16(24-17)14-8-15(23-20-14)18(22)21-9-12-4-10-3-11(5-12)7-13(21)6-10/h1-2,10-13,15H,3-9H2. The zero-order chi connectivity index (χ0) is 16.3. The van der Waals surface area contributed by atoms with Gasteiger partial charge in [0.2, 0.25) is 6.10 Å². The Morgan fingerprint density at radius 1 is 1.17 bits per heavy atom. The molecule has 24 heavy (non-hydrogen) atoms. The molecule has 0 radical (unpaired) electrons. The van der Waals surface area contributed by atoms with E-state index in [1.807, 2.05) is 12.1 Å². The summed E-state index contributed by atoms with van der Waals surface area (Å²) >= 11 is 7.49. The van der Waals surface area contributed by atoms with Crippen LogP contribution >= 0.6 is 22.9 Å². The van der Waals surface area contributed by atoms with Gasteiger partial charge >= 0.3 is 0 Å². The van der Waals surface area contributed by atoms with E-state index in [9.17, 15) is 4.79 Å². The third kappa shape index (κ3) is 2.57. The predicted molar refractivity (Wildman–Crippen MR) is 94.4 cm³/mol. The van der Waals surface area contributed by atoms with Crippen LogP contribution in [0.1, 0.15) is 43.4 Å². The van der Waals surface area contributed by atoms with Crippen molar-refractivity contribution in [2.45, 2.75) is 50.7 Å². The van der Waals surface area contributed by atoms with Gasteiger partial charge in [-0.1, -0.05) is 16.8 Å². The van der Waals surface area contributed by atoms with Crippen LogP contribution in [-0.2, 0) is 9.63 Å². The molecule has 0 N–H and O–H groups in total. The van der Waals surface area contributed by atoms with E-state index < -0.39 is 6.10 Å². The highest BCUT2D eigenvalue weighted by atomic mass is 35.5. The monoisotopic (exact) mass is 364 g/mol. The van der Waals surface area contributed by atoms with Gasteiger partial charge in [-0.05, 0) is 62.0 Å². The highest BCUT2D eigenvalue weighted by Crippen LogP contribution is 2.47. The number of fused-ring (bicyclic) bond motifs is 1. The Balaban J connectivity index is 1.31. The quantitative estimate of drug-likeness (QED) is 0.797. The highest BCUT2D eigenvalue weighted by molar-refractivity contribution is 7.18. The summed E-state index contributed by atoms with van der Waals surface area (Å²) in [6, 6.07) is 4.25. The smallest absolute Gasteiger partial charge is 0.267 e. The predicted octanol–water partition coefficient (Wildman–Crippen LogP) is 3.93. The summed E-state index contributed by atoms with van der Waals surface area (Å²) in [5, 5.41) is 4.17. The van der Waals surface area contributed by atoms with Crippen LogP contribution in [0.25, 0.3) is 0 Å². The first kappa shape index (κ1) is 15.2.